The highest BCUT2D eigenvalue weighted by molar-refractivity contribution is 5.83. The zero-order valence-corrected chi connectivity index (χ0v) is 12.9. The van der Waals surface area contributed by atoms with Crippen molar-refractivity contribution in [3.63, 3.8) is 0 Å². The van der Waals surface area contributed by atoms with Crippen LogP contribution in [-0.4, -0.2) is 37.0 Å². The van der Waals surface area contributed by atoms with Crippen LogP contribution in [-0.2, 0) is 11.2 Å². The molecule has 0 saturated carbocycles. The minimum Gasteiger partial charge on any atom is -0.343 e. The van der Waals surface area contributed by atoms with E-state index in [1.165, 1.54) is 12.1 Å². The Labute approximate surface area is 133 Å². The number of piperazine rings is 1. The summed E-state index contributed by atoms with van der Waals surface area (Å²) in [6, 6.07) is 10.6. The lowest BCUT2D eigenvalue weighted by Crippen LogP contribution is -2.54. The summed E-state index contributed by atoms with van der Waals surface area (Å²) in [7, 11) is 1.78. The molecule has 2 aromatic carbocycles. The maximum atomic E-state index is 13.5. The molecular formula is C18H18F2N2O. The zero-order valence-electron chi connectivity index (χ0n) is 12.9. The van der Waals surface area contributed by atoms with Crippen LogP contribution in [0.25, 0.3) is 11.1 Å². The molecule has 1 aliphatic rings. The lowest BCUT2D eigenvalue weighted by atomic mass is 9.94. The Hall–Kier alpha value is -2.27. The minimum absolute atomic E-state index is 0.0384. The van der Waals surface area contributed by atoms with Gasteiger partial charge in [0.1, 0.15) is 11.6 Å². The molecule has 0 aliphatic carbocycles. The Morgan fingerprint density at radius 2 is 1.87 bits per heavy atom. The van der Waals surface area contributed by atoms with Gasteiger partial charge in [0, 0.05) is 26.2 Å². The number of hydrogen-bond acceptors (Lipinski definition) is 2. The average molecular weight is 316 g/mol. The molecule has 0 bridgehead atoms. The highest BCUT2D eigenvalue weighted by Gasteiger charge is 2.26. The number of nitrogens with one attached hydrogen (secondary N) is 1. The quantitative estimate of drug-likeness (QED) is 0.944. The van der Waals surface area contributed by atoms with Crippen LogP contribution in [0.2, 0.25) is 0 Å². The molecule has 1 unspecified atom stereocenters. The van der Waals surface area contributed by atoms with Crippen LogP contribution in [0.5, 0.6) is 0 Å². The molecule has 1 fully saturated rings. The van der Waals surface area contributed by atoms with Crippen LogP contribution >= 0.6 is 0 Å². The third kappa shape index (κ3) is 3.40. The number of halogens is 2. The molecule has 1 N–H and O–H groups in total. The van der Waals surface area contributed by atoms with Gasteiger partial charge < -0.3 is 10.2 Å². The Balaban J connectivity index is 1.93. The van der Waals surface area contributed by atoms with Gasteiger partial charge in [-0.3, -0.25) is 4.79 Å². The number of carbonyl (C=O) groups is 1. The van der Waals surface area contributed by atoms with E-state index < -0.39 is 11.6 Å². The summed E-state index contributed by atoms with van der Waals surface area (Å²) in [5, 5.41) is 3.21. The van der Waals surface area contributed by atoms with Crippen molar-refractivity contribution in [3.05, 3.63) is 59.7 Å². The molecule has 3 nitrogen and oxygen atoms in total. The summed E-state index contributed by atoms with van der Waals surface area (Å²) >= 11 is 0. The van der Waals surface area contributed by atoms with Gasteiger partial charge in [-0.2, -0.15) is 0 Å². The smallest absolute Gasteiger partial charge is 0.239 e. The first kappa shape index (κ1) is 15.6. The van der Waals surface area contributed by atoms with Gasteiger partial charge in [-0.1, -0.05) is 24.3 Å². The molecular weight excluding hydrogens is 298 g/mol. The van der Waals surface area contributed by atoms with Gasteiger partial charge in [-0.05, 0) is 35.2 Å². The van der Waals surface area contributed by atoms with Gasteiger partial charge in [-0.15, -0.1) is 0 Å². The Kier molecular flexibility index (Phi) is 4.39. The van der Waals surface area contributed by atoms with Gasteiger partial charge in [-0.25, -0.2) is 8.78 Å². The van der Waals surface area contributed by atoms with Crippen LogP contribution in [0.1, 0.15) is 5.56 Å². The van der Waals surface area contributed by atoms with E-state index in [0.29, 0.717) is 18.5 Å². The molecule has 1 aliphatic heterocycles. The fourth-order valence-electron chi connectivity index (χ4n) is 2.94. The first-order chi connectivity index (χ1) is 11.0. The lowest BCUT2D eigenvalue weighted by molar-refractivity contribution is -0.134. The number of carbonyl (C=O) groups excluding carboxylic acids is 1. The van der Waals surface area contributed by atoms with E-state index in [-0.39, 0.29) is 11.9 Å². The largest absolute Gasteiger partial charge is 0.343 e. The van der Waals surface area contributed by atoms with Gasteiger partial charge in [0.2, 0.25) is 5.91 Å². The summed E-state index contributed by atoms with van der Waals surface area (Å²) < 4.78 is 27.0. The molecule has 1 amide bonds. The van der Waals surface area contributed by atoms with Crippen LogP contribution in [0.15, 0.2) is 42.5 Å². The average Bonchev–Trinajstić information content (AvgIpc) is 2.51. The molecule has 1 atom stereocenters. The van der Waals surface area contributed by atoms with Gasteiger partial charge in [0.05, 0.1) is 6.04 Å². The van der Waals surface area contributed by atoms with E-state index in [2.05, 4.69) is 5.32 Å². The highest BCUT2D eigenvalue weighted by atomic mass is 19.1. The minimum atomic E-state index is -0.610. The number of amides is 1. The van der Waals surface area contributed by atoms with Crippen LogP contribution < -0.4 is 5.32 Å². The lowest BCUT2D eigenvalue weighted by Gasteiger charge is -2.30. The van der Waals surface area contributed by atoms with Gasteiger partial charge >= 0.3 is 0 Å². The summed E-state index contributed by atoms with van der Waals surface area (Å²) in [6.07, 6.45) is 0.484. The second-order valence-corrected chi connectivity index (χ2v) is 5.79. The Morgan fingerprint density at radius 1 is 1.17 bits per heavy atom. The third-order valence-electron chi connectivity index (χ3n) is 4.13. The number of nitrogens with zero attached hydrogens (tertiary/aromatic N) is 1. The van der Waals surface area contributed by atoms with Crippen molar-refractivity contribution in [1.29, 1.82) is 0 Å². The molecule has 0 spiro atoms. The van der Waals surface area contributed by atoms with Gasteiger partial charge in [0.25, 0.3) is 0 Å². The molecule has 23 heavy (non-hydrogen) atoms. The number of rotatable bonds is 3. The van der Waals surface area contributed by atoms with E-state index in [4.69, 9.17) is 0 Å². The normalized spacial score (nSPS) is 18.3. The van der Waals surface area contributed by atoms with Crippen molar-refractivity contribution in [1.82, 2.24) is 10.2 Å². The van der Waals surface area contributed by atoms with E-state index in [0.717, 1.165) is 23.7 Å². The second-order valence-electron chi connectivity index (χ2n) is 5.79. The van der Waals surface area contributed by atoms with Crippen molar-refractivity contribution in [2.24, 2.45) is 0 Å². The first-order valence-electron chi connectivity index (χ1n) is 7.57. The summed E-state index contributed by atoms with van der Waals surface area (Å²) in [5.41, 5.74) is 2.11. The molecule has 3 rings (SSSR count). The zero-order chi connectivity index (χ0) is 16.4. The molecule has 0 aromatic heterocycles. The third-order valence-corrected chi connectivity index (χ3v) is 4.13. The topological polar surface area (TPSA) is 32.3 Å². The van der Waals surface area contributed by atoms with Crippen LogP contribution in [0, 0.1) is 11.6 Å². The number of benzene rings is 2. The molecule has 0 radical (unpaired) electrons. The van der Waals surface area contributed by atoms with Crippen LogP contribution in [0.3, 0.4) is 0 Å². The Bertz CT molecular complexity index is 712. The van der Waals surface area contributed by atoms with Crippen molar-refractivity contribution >= 4 is 5.91 Å². The number of hydrogen-bond donors (Lipinski definition) is 1. The van der Waals surface area contributed by atoms with Crippen molar-refractivity contribution in [2.75, 3.05) is 20.1 Å². The van der Waals surface area contributed by atoms with E-state index in [1.54, 1.807) is 11.9 Å². The van der Waals surface area contributed by atoms with E-state index >= 15 is 0 Å². The van der Waals surface area contributed by atoms with E-state index in [9.17, 15) is 13.6 Å². The fraction of sp³-hybridized carbons (Fsp3) is 0.278. The van der Waals surface area contributed by atoms with Crippen molar-refractivity contribution < 1.29 is 13.6 Å². The standard InChI is InChI=1S/C18H18F2N2O/c1-22-7-6-21-17(18(22)23)10-12-4-2-3-5-16(12)13-8-14(19)11-15(20)9-13/h2-5,8-9,11,17,21H,6-7,10H2,1H3. The summed E-state index contributed by atoms with van der Waals surface area (Å²) in [6.45, 7) is 1.43. The fourth-order valence-corrected chi connectivity index (χ4v) is 2.94. The number of likely N-dealkylation sites (N-methyl/N-ethyl adjacent to an activating group) is 1. The molecule has 1 heterocycles. The predicted octanol–water partition coefficient (Wildman–Crippen LogP) is 2.60. The van der Waals surface area contributed by atoms with E-state index in [1.807, 2.05) is 24.3 Å². The second kappa shape index (κ2) is 6.46. The van der Waals surface area contributed by atoms with Gasteiger partial charge in [0.15, 0.2) is 0 Å². The molecule has 2 aromatic rings. The molecule has 120 valence electrons. The first-order valence-corrected chi connectivity index (χ1v) is 7.57. The molecule has 1 saturated heterocycles. The van der Waals surface area contributed by atoms with Crippen LogP contribution in [0.4, 0.5) is 8.78 Å². The SMILES string of the molecule is CN1CCNC(Cc2ccccc2-c2cc(F)cc(F)c2)C1=O. The summed E-state index contributed by atoms with van der Waals surface area (Å²) in [5.74, 6) is -1.18. The maximum Gasteiger partial charge on any atom is 0.239 e. The Morgan fingerprint density at radius 3 is 2.61 bits per heavy atom. The predicted molar refractivity (Wildman–Crippen MR) is 84.9 cm³/mol. The maximum absolute atomic E-state index is 13.5. The van der Waals surface area contributed by atoms with Crippen molar-refractivity contribution in [2.45, 2.75) is 12.5 Å². The molecule has 5 heteroatoms. The monoisotopic (exact) mass is 316 g/mol. The highest BCUT2D eigenvalue weighted by Crippen LogP contribution is 2.26. The van der Waals surface area contributed by atoms with Crippen molar-refractivity contribution in [3.8, 4) is 11.1 Å². The summed E-state index contributed by atoms with van der Waals surface area (Å²) in [4.78, 5) is 13.9.